The number of nitrogens with one attached hydrogen (secondary N) is 1. The molecule has 0 saturated carbocycles. The fraction of sp³-hybridized carbons (Fsp3) is 0.500. The van der Waals surface area contributed by atoms with Crippen molar-refractivity contribution in [2.45, 2.75) is 57.4 Å². The summed E-state index contributed by atoms with van der Waals surface area (Å²) in [5.41, 5.74) is 5.49. The monoisotopic (exact) mass is 478 g/mol. The number of anilines is 2. The lowest BCUT2D eigenvalue weighted by atomic mass is 9.99. The fourth-order valence-corrected chi connectivity index (χ4v) is 6.47. The highest BCUT2D eigenvalue weighted by Crippen LogP contribution is 2.38. The molecule has 1 saturated heterocycles. The number of ether oxygens (including phenoxy) is 1. The normalized spacial score (nSPS) is 19.1. The molecule has 2 aromatic rings. The summed E-state index contributed by atoms with van der Waals surface area (Å²) in [6, 6.07) is 3.86. The Kier molecular flexibility index (Phi) is 5.81. The fourth-order valence-electron chi connectivity index (χ4n) is 5.07. The van der Waals surface area contributed by atoms with Crippen molar-refractivity contribution in [3.63, 3.8) is 0 Å². The van der Waals surface area contributed by atoms with E-state index in [2.05, 4.69) is 15.8 Å². The molecule has 2 heterocycles. The standard InChI is InChI=1S/C22H26ClN3O5S/c23-19-7-8-20(31-19)26(16-9-11-30-12-10-16)32(28,29)25-22(27)24-21-17-5-1-3-14(17)13-15-4-2-6-18(15)21/h7-8,13,16H,1-6,9-12H2,(H2,24,25,27)/p-1. The lowest BCUT2D eigenvalue weighted by Crippen LogP contribution is -2.44. The van der Waals surface area contributed by atoms with Gasteiger partial charge in [0.05, 0.1) is 12.1 Å². The summed E-state index contributed by atoms with van der Waals surface area (Å²) in [6.45, 7) is 0.833. The molecule has 1 aromatic carbocycles. The second-order valence-corrected chi connectivity index (χ2v) is 10.3. The predicted molar refractivity (Wildman–Crippen MR) is 121 cm³/mol. The van der Waals surface area contributed by atoms with Crippen LogP contribution in [-0.4, -0.2) is 33.7 Å². The third kappa shape index (κ3) is 4.09. The molecular formula is C22H25ClN3O5S-. The average Bonchev–Trinajstić information content (AvgIpc) is 3.49. The maximum absolute atomic E-state index is 13.3. The Balaban J connectivity index is 1.48. The van der Waals surface area contributed by atoms with Gasteiger partial charge >= 0.3 is 10.2 Å². The lowest BCUT2D eigenvalue weighted by molar-refractivity contribution is -0.213. The minimum absolute atomic E-state index is 0.0416. The molecule has 5 rings (SSSR count). The Morgan fingerprint density at radius 3 is 2.34 bits per heavy atom. The zero-order chi connectivity index (χ0) is 22.3. The lowest BCUT2D eigenvalue weighted by Gasteiger charge is -2.32. The summed E-state index contributed by atoms with van der Waals surface area (Å²) in [7, 11) is -4.37. The van der Waals surface area contributed by atoms with E-state index in [-0.39, 0.29) is 11.1 Å². The minimum atomic E-state index is -4.37. The molecular weight excluding hydrogens is 454 g/mol. The molecule has 1 aromatic heterocycles. The minimum Gasteiger partial charge on any atom is -0.845 e. The van der Waals surface area contributed by atoms with E-state index in [0.29, 0.717) is 26.1 Å². The van der Waals surface area contributed by atoms with Gasteiger partial charge in [-0.05, 0) is 91.3 Å². The molecule has 32 heavy (non-hydrogen) atoms. The third-order valence-electron chi connectivity index (χ3n) is 6.45. The Bertz CT molecular complexity index is 1120. The van der Waals surface area contributed by atoms with Gasteiger partial charge in [0, 0.05) is 25.0 Å². The van der Waals surface area contributed by atoms with Crippen molar-refractivity contribution >= 4 is 39.4 Å². The highest BCUT2D eigenvalue weighted by Gasteiger charge is 2.34. The van der Waals surface area contributed by atoms with Crippen molar-refractivity contribution < 1.29 is 22.7 Å². The molecule has 3 aliphatic rings. The van der Waals surface area contributed by atoms with Crippen LogP contribution in [0.15, 0.2) is 27.0 Å². The Hall–Kier alpha value is -2.23. The summed E-state index contributed by atoms with van der Waals surface area (Å²) < 4.78 is 41.9. The number of hydrogen-bond acceptors (Lipinski definition) is 5. The first-order chi connectivity index (χ1) is 15.4. The van der Waals surface area contributed by atoms with Crippen LogP contribution >= 0.6 is 11.6 Å². The van der Waals surface area contributed by atoms with E-state index in [1.165, 1.54) is 23.3 Å². The molecule has 1 aliphatic heterocycles. The summed E-state index contributed by atoms with van der Waals surface area (Å²) in [6.07, 6.45) is 6.73. The molecule has 0 bridgehead atoms. The zero-order valence-electron chi connectivity index (χ0n) is 17.6. The number of aryl methyl sites for hydroxylation is 2. The molecule has 2 aliphatic carbocycles. The van der Waals surface area contributed by atoms with Crippen LogP contribution in [0, 0.1) is 0 Å². The van der Waals surface area contributed by atoms with E-state index in [1.807, 2.05) is 0 Å². The van der Waals surface area contributed by atoms with Crippen molar-refractivity contribution in [1.82, 2.24) is 0 Å². The molecule has 8 nitrogen and oxygen atoms in total. The molecule has 172 valence electrons. The van der Waals surface area contributed by atoms with E-state index >= 15 is 0 Å². The van der Waals surface area contributed by atoms with Crippen molar-refractivity contribution in [1.29, 1.82) is 0 Å². The summed E-state index contributed by atoms with van der Waals surface area (Å²) in [4.78, 5) is 0. The summed E-state index contributed by atoms with van der Waals surface area (Å²) in [5.74, 6) is 0.0416. The van der Waals surface area contributed by atoms with Gasteiger partial charge in [0.25, 0.3) is 0 Å². The average molecular weight is 479 g/mol. The maximum Gasteiger partial charge on any atom is 0.348 e. The van der Waals surface area contributed by atoms with Crippen molar-refractivity contribution in [3.05, 3.63) is 45.7 Å². The van der Waals surface area contributed by atoms with Gasteiger partial charge in [-0.3, -0.25) is 0 Å². The predicted octanol–water partition coefficient (Wildman–Crippen LogP) is 2.97. The van der Waals surface area contributed by atoms with Crippen LogP contribution in [0.1, 0.15) is 47.9 Å². The van der Waals surface area contributed by atoms with Crippen LogP contribution in [0.25, 0.3) is 0 Å². The summed E-state index contributed by atoms with van der Waals surface area (Å²) in [5, 5.41) is 15.8. The van der Waals surface area contributed by atoms with E-state index < -0.39 is 22.3 Å². The topological polar surface area (TPSA) is 107 Å². The van der Waals surface area contributed by atoms with Gasteiger partial charge in [-0.25, -0.2) is 4.31 Å². The molecule has 10 heteroatoms. The van der Waals surface area contributed by atoms with Gasteiger partial charge in [0.15, 0.2) is 5.22 Å². The van der Waals surface area contributed by atoms with Crippen LogP contribution < -0.4 is 14.7 Å². The van der Waals surface area contributed by atoms with Crippen LogP contribution in [0.4, 0.5) is 11.6 Å². The zero-order valence-corrected chi connectivity index (χ0v) is 19.2. The van der Waals surface area contributed by atoms with Crippen LogP contribution in [0.3, 0.4) is 0 Å². The first kappa shape index (κ1) is 21.6. The number of fused-ring (bicyclic) bond motifs is 2. The highest BCUT2D eigenvalue weighted by atomic mass is 35.5. The molecule has 0 unspecified atom stereocenters. The number of halogens is 1. The van der Waals surface area contributed by atoms with Gasteiger partial charge in [0.2, 0.25) is 5.88 Å². The third-order valence-corrected chi connectivity index (χ3v) is 8.03. The Labute approximate surface area is 192 Å². The number of benzene rings is 1. The van der Waals surface area contributed by atoms with Crippen molar-refractivity contribution in [2.75, 3.05) is 22.8 Å². The quantitative estimate of drug-likeness (QED) is 0.523. The van der Waals surface area contributed by atoms with Gasteiger partial charge in [-0.2, -0.15) is 8.42 Å². The van der Waals surface area contributed by atoms with E-state index in [4.69, 9.17) is 20.8 Å². The van der Waals surface area contributed by atoms with Crippen molar-refractivity contribution in [2.24, 2.45) is 4.40 Å². The summed E-state index contributed by atoms with van der Waals surface area (Å²) >= 11 is 5.89. The van der Waals surface area contributed by atoms with Crippen LogP contribution in [-0.2, 0) is 40.6 Å². The largest absolute Gasteiger partial charge is 0.845 e. The number of rotatable bonds is 5. The van der Waals surface area contributed by atoms with Crippen LogP contribution in [0.5, 0.6) is 0 Å². The van der Waals surface area contributed by atoms with E-state index in [0.717, 1.165) is 59.6 Å². The molecule has 0 radical (unpaired) electrons. The Morgan fingerprint density at radius 2 is 1.75 bits per heavy atom. The number of nitrogens with zero attached hydrogens (tertiary/aromatic N) is 2. The van der Waals surface area contributed by atoms with Gasteiger partial charge in [0.1, 0.15) is 0 Å². The first-order valence-electron chi connectivity index (χ1n) is 11.0. The first-order valence-corrected chi connectivity index (χ1v) is 12.8. The second-order valence-electron chi connectivity index (χ2n) is 8.45. The van der Waals surface area contributed by atoms with Gasteiger partial charge in [-0.1, -0.05) is 6.07 Å². The van der Waals surface area contributed by atoms with Gasteiger partial charge in [-0.15, -0.1) is 4.40 Å². The maximum atomic E-state index is 13.3. The highest BCUT2D eigenvalue weighted by molar-refractivity contribution is 7.91. The van der Waals surface area contributed by atoms with E-state index in [9.17, 15) is 13.5 Å². The molecule has 1 N–H and O–H groups in total. The smallest absolute Gasteiger partial charge is 0.348 e. The molecule has 1 fully saturated rings. The second kappa shape index (κ2) is 8.61. The molecule has 0 spiro atoms. The molecule has 0 amide bonds. The SMILES string of the molecule is O=S(=O)(/N=C(\[O-])Nc1c2c(cc3c1CCC3)CCC2)N(c1ccc(Cl)o1)C1CCOCC1. The van der Waals surface area contributed by atoms with Gasteiger partial charge < -0.3 is 19.6 Å². The number of amidine groups is 1. The number of hydrogen-bond donors (Lipinski definition) is 1. The molecule has 0 atom stereocenters. The Morgan fingerprint density at radius 1 is 1.09 bits per heavy atom. The van der Waals surface area contributed by atoms with Crippen LogP contribution in [0.2, 0.25) is 5.22 Å². The van der Waals surface area contributed by atoms with E-state index in [1.54, 1.807) is 0 Å². The van der Waals surface area contributed by atoms with Crippen molar-refractivity contribution in [3.8, 4) is 0 Å². The number of furan rings is 1.